The highest BCUT2D eigenvalue weighted by molar-refractivity contribution is 6.35. The van der Waals surface area contributed by atoms with Crippen molar-refractivity contribution in [1.29, 1.82) is 0 Å². The highest BCUT2D eigenvalue weighted by Gasteiger charge is 2.29. The predicted molar refractivity (Wildman–Crippen MR) is 110 cm³/mol. The maximum absolute atomic E-state index is 12.8. The molecular weight excluding hydrogens is 368 g/mol. The van der Waals surface area contributed by atoms with Crippen molar-refractivity contribution in [3.8, 4) is 0 Å². The van der Waals surface area contributed by atoms with Crippen LogP contribution in [-0.2, 0) is 9.59 Å². The fourth-order valence-electron chi connectivity index (χ4n) is 4.29. The minimum atomic E-state index is -0.507. The molecule has 2 aliphatic rings. The van der Waals surface area contributed by atoms with Gasteiger partial charge >= 0.3 is 11.8 Å². The summed E-state index contributed by atoms with van der Waals surface area (Å²) in [6, 6.07) is 9.74. The molecule has 2 N–H and O–H groups in total. The Kier molecular flexibility index (Phi) is 5.83. The number of hydrogen-bond donors (Lipinski definition) is 2. The first-order valence-electron chi connectivity index (χ1n) is 10.6. The number of piperazine rings is 1. The zero-order chi connectivity index (χ0) is 20.2. The van der Waals surface area contributed by atoms with Gasteiger partial charge in [-0.2, -0.15) is 0 Å². The molecule has 0 unspecified atom stereocenters. The van der Waals surface area contributed by atoms with Gasteiger partial charge in [0.05, 0.1) is 0 Å². The molecule has 0 atom stereocenters. The topological polar surface area (TPSA) is 85.5 Å². The highest BCUT2D eigenvalue weighted by atomic mass is 16.2. The summed E-state index contributed by atoms with van der Waals surface area (Å²) in [5, 5.41) is 3.91. The van der Waals surface area contributed by atoms with Gasteiger partial charge in [-0.3, -0.25) is 14.4 Å². The second-order valence-electron chi connectivity index (χ2n) is 8.02. The quantitative estimate of drug-likeness (QED) is 0.603. The molecule has 2 aromatic rings. The molecule has 1 aliphatic heterocycles. The maximum Gasteiger partial charge on any atom is 0.312 e. The summed E-state index contributed by atoms with van der Waals surface area (Å²) >= 11 is 0. The average Bonchev–Trinajstić information content (AvgIpc) is 3.03. The summed E-state index contributed by atoms with van der Waals surface area (Å²) in [7, 11) is 0. The molecule has 4 rings (SSSR count). The van der Waals surface area contributed by atoms with Gasteiger partial charge in [0.25, 0.3) is 5.91 Å². The lowest BCUT2D eigenvalue weighted by Crippen LogP contribution is -2.54. The van der Waals surface area contributed by atoms with Gasteiger partial charge in [0.15, 0.2) is 0 Å². The van der Waals surface area contributed by atoms with Crippen molar-refractivity contribution in [3.63, 3.8) is 0 Å². The lowest BCUT2D eigenvalue weighted by atomic mass is 10.1. The molecule has 0 spiro atoms. The van der Waals surface area contributed by atoms with E-state index >= 15 is 0 Å². The predicted octanol–water partition coefficient (Wildman–Crippen LogP) is 2.29. The van der Waals surface area contributed by atoms with E-state index in [2.05, 4.69) is 10.3 Å². The standard InChI is InChI=1S/C22H28N4O3/c27-20(23-17-8-3-1-2-4-9-17)22(29)26-13-11-25(12-14-26)21(28)19-15-16-7-5-6-10-18(16)24-19/h5-7,10,15,17,24H,1-4,8-9,11-14H2,(H,23,27). The number of nitrogens with zero attached hydrogens (tertiary/aromatic N) is 2. The molecule has 29 heavy (non-hydrogen) atoms. The van der Waals surface area contributed by atoms with Gasteiger partial charge in [-0.1, -0.05) is 43.9 Å². The van der Waals surface area contributed by atoms with Crippen molar-refractivity contribution in [3.05, 3.63) is 36.0 Å². The first-order chi connectivity index (χ1) is 14.1. The molecule has 3 amide bonds. The summed E-state index contributed by atoms with van der Waals surface area (Å²) in [6.45, 7) is 1.61. The Morgan fingerprint density at radius 2 is 1.55 bits per heavy atom. The van der Waals surface area contributed by atoms with Crippen LogP contribution in [0.5, 0.6) is 0 Å². The van der Waals surface area contributed by atoms with E-state index in [1.807, 2.05) is 30.3 Å². The number of aromatic nitrogens is 1. The van der Waals surface area contributed by atoms with Crippen LogP contribution >= 0.6 is 0 Å². The molecule has 1 aliphatic carbocycles. The molecule has 7 nitrogen and oxygen atoms in total. The second kappa shape index (κ2) is 8.68. The third-order valence-corrected chi connectivity index (χ3v) is 6.00. The fourth-order valence-corrected chi connectivity index (χ4v) is 4.29. The van der Waals surface area contributed by atoms with E-state index in [1.54, 1.807) is 9.80 Å². The summed E-state index contributed by atoms with van der Waals surface area (Å²) in [5.74, 6) is -1.06. The molecule has 1 saturated carbocycles. The van der Waals surface area contributed by atoms with Crippen molar-refractivity contribution >= 4 is 28.6 Å². The lowest BCUT2D eigenvalue weighted by Gasteiger charge is -2.34. The van der Waals surface area contributed by atoms with Crippen LogP contribution in [0.3, 0.4) is 0 Å². The van der Waals surface area contributed by atoms with Crippen LogP contribution in [0.2, 0.25) is 0 Å². The summed E-state index contributed by atoms with van der Waals surface area (Å²) in [6.07, 6.45) is 6.51. The van der Waals surface area contributed by atoms with Crippen LogP contribution in [-0.4, -0.2) is 64.7 Å². The van der Waals surface area contributed by atoms with Crippen molar-refractivity contribution in [2.24, 2.45) is 0 Å². The van der Waals surface area contributed by atoms with E-state index in [1.165, 1.54) is 12.8 Å². The Hall–Kier alpha value is -2.83. The number of rotatable bonds is 2. The Balaban J connectivity index is 1.30. The molecular formula is C22H28N4O3. The number of nitrogens with one attached hydrogen (secondary N) is 2. The normalized spacial score (nSPS) is 18.5. The number of hydrogen-bond acceptors (Lipinski definition) is 3. The number of aromatic amines is 1. The number of H-pyrrole nitrogens is 1. The summed E-state index contributed by atoms with van der Waals surface area (Å²) in [5.41, 5.74) is 1.48. The molecule has 2 fully saturated rings. The largest absolute Gasteiger partial charge is 0.351 e. The van der Waals surface area contributed by atoms with Gasteiger partial charge in [-0.25, -0.2) is 0 Å². The smallest absolute Gasteiger partial charge is 0.312 e. The molecule has 2 heterocycles. The van der Waals surface area contributed by atoms with Crippen LogP contribution in [0.25, 0.3) is 10.9 Å². The minimum absolute atomic E-state index is 0.0730. The van der Waals surface area contributed by atoms with Gasteiger partial charge in [-0.05, 0) is 25.0 Å². The van der Waals surface area contributed by atoms with E-state index in [0.717, 1.165) is 36.6 Å². The maximum atomic E-state index is 12.8. The fraction of sp³-hybridized carbons (Fsp3) is 0.500. The molecule has 154 valence electrons. The van der Waals surface area contributed by atoms with E-state index in [9.17, 15) is 14.4 Å². The number of carbonyl (C=O) groups is 3. The van der Waals surface area contributed by atoms with Gasteiger partial charge in [-0.15, -0.1) is 0 Å². The van der Waals surface area contributed by atoms with E-state index in [-0.39, 0.29) is 11.9 Å². The molecule has 0 bridgehead atoms. The van der Waals surface area contributed by atoms with Crippen molar-refractivity contribution in [2.75, 3.05) is 26.2 Å². The Bertz CT molecular complexity index is 857. The number of carbonyl (C=O) groups excluding carboxylic acids is 3. The highest BCUT2D eigenvalue weighted by Crippen LogP contribution is 2.18. The molecule has 1 aromatic carbocycles. The molecule has 1 saturated heterocycles. The average molecular weight is 396 g/mol. The zero-order valence-electron chi connectivity index (χ0n) is 16.7. The number of fused-ring (bicyclic) bond motifs is 1. The Morgan fingerprint density at radius 1 is 0.897 bits per heavy atom. The first-order valence-corrected chi connectivity index (χ1v) is 10.6. The van der Waals surface area contributed by atoms with Crippen LogP contribution < -0.4 is 5.32 Å². The van der Waals surface area contributed by atoms with E-state index in [0.29, 0.717) is 31.9 Å². The first kappa shape index (κ1) is 19.5. The minimum Gasteiger partial charge on any atom is -0.351 e. The van der Waals surface area contributed by atoms with Crippen LogP contribution in [0.15, 0.2) is 30.3 Å². The third kappa shape index (κ3) is 4.44. The Morgan fingerprint density at radius 3 is 2.24 bits per heavy atom. The van der Waals surface area contributed by atoms with E-state index < -0.39 is 11.8 Å². The Labute approximate surface area is 170 Å². The SMILES string of the molecule is O=C(NC1CCCCCC1)C(=O)N1CCN(C(=O)c2cc3ccccc3[nH]2)CC1. The number of para-hydroxylation sites is 1. The second-order valence-corrected chi connectivity index (χ2v) is 8.02. The van der Waals surface area contributed by atoms with Gasteiger partial charge < -0.3 is 20.1 Å². The molecule has 0 radical (unpaired) electrons. The third-order valence-electron chi connectivity index (χ3n) is 6.00. The van der Waals surface area contributed by atoms with Crippen LogP contribution in [0.1, 0.15) is 49.0 Å². The van der Waals surface area contributed by atoms with Crippen molar-refractivity contribution in [1.82, 2.24) is 20.1 Å². The van der Waals surface area contributed by atoms with Crippen LogP contribution in [0.4, 0.5) is 0 Å². The number of amides is 3. The van der Waals surface area contributed by atoms with Gasteiger partial charge in [0, 0.05) is 43.1 Å². The van der Waals surface area contributed by atoms with Crippen LogP contribution in [0, 0.1) is 0 Å². The summed E-state index contributed by atoms with van der Waals surface area (Å²) < 4.78 is 0. The number of benzene rings is 1. The lowest BCUT2D eigenvalue weighted by molar-refractivity contribution is -0.147. The van der Waals surface area contributed by atoms with E-state index in [4.69, 9.17) is 0 Å². The zero-order valence-corrected chi connectivity index (χ0v) is 16.7. The van der Waals surface area contributed by atoms with Crippen molar-refractivity contribution in [2.45, 2.75) is 44.6 Å². The molecule has 1 aromatic heterocycles. The molecule has 7 heteroatoms. The van der Waals surface area contributed by atoms with Gasteiger partial charge in [0.2, 0.25) is 0 Å². The van der Waals surface area contributed by atoms with Gasteiger partial charge in [0.1, 0.15) is 5.69 Å². The van der Waals surface area contributed by atoms with Crippen molar-refractivity contribution < 1.29 is 14.4 Å². The summed E-state index contributed by atoms with van der Waals surface area (Å²) in [4.78, 5) is 44.1. The monoisotopic (exact) mass is 396 g/mol.